The van der Waals surface area contributed by atoms with Gasteiger partial charge in [0.2, 0.25) is 11.8 Å². The highest BCUT2D eigenvalue weighted by Gasteiger charge is 2.29. The van der Waals surface area contributed by atoms with Gasteiger partial charge in [-0.05, 0) is 50.5 Å². The summed E-state index contributed by atoms with van der Waals surface area (Å²) in [5.41, 5.74) is 2.19. The molecule has 1 atom stereocenters. The van der Waals surface area contributed by atoms with E-state index in [1.165, 1.54) is 11.8 Å². The number of rotatable bonds is 9. The van der Waals surface area contributed by atoms with Gasteiger partial charge in [0.05, 0.1) is 5.75 Å². The van der Waals surface area contributed by atoms with E-state index in [1.54, 1.807) is 4.90 Å². The van der Waals surface area contributed by atoms with Crippen molar-refractivity contribution < 1.29 is 9.59 Å². The summed E-state index contributed by atoms with van der Waals surface area (Å²) in [7, 11) is 0. The van der Waals surface area contributed by atoms with E-state index in [2.05, 4.69) is 5.32 Å². The average molecular weight is 399 g/mol. The van der Waals surface area contributed by atoms with E-state index in [0.717, 1.165) is 16.0 Å². The Morgan fingerprint density at radius 1 is 1.04 bits per heavy atom. The maximum Gasteiger partial charge on any atom is 0.243 e. The number of benzene rings is 2. The van der Waals surface area contributed by atoms with Gasteiger partial charge in [0.15, 0.2) is 0 Å². The Bertz CT molecular complexity index is 777. The number of amides is 2. The summed E-state index contributed by atoms with van der Waals surface area (Å²) in [6.45, 7) is 8.29. The molecule has 0 saturated heterocycles. The number of hydrogen-bond acceptors (Lipinski definition) is 3. The number of thioether (sulfide) groups is 1. The molecule has 0 saturated carbocycles. The fourth-order valence-electron chi connectivity index (χ4n) is 3.02. The van der Waals surface area contributed by atoms with Gasteiger partial charge >= 0.3 is 0 Å². The van der Waals surface area contributed by atoms with Crippen LogP contribution in [0.5, 0.6) is 0 Å². The van der Waals surface area contributed by atoms with Crippen LogP contribution in [0.15, 0.2) is 59.5 Å². The highest BCUT2D eigenvalue weighted by Crippen LogP contribution is 2.21. The summed E-state index contributed by atoms with van der Waals surface area (Å²) in [6, 6.07) is 17.4. The van der Waals surface area contributed by atoms with Gasteiger partial charge in [-0.3, -0.25) is 9.59 Å². The lowest BCUT2D eigenvalue weighted by molar-refractivity contribution is -0.139. The van der Waals surface area contributed by atoms with E-state index >= 15 is 0 Å². The van der Waals surface area contributed by atoms with Crippen LogP contribution in [-0.2, 0) is 16.1 Å². The van der Waals surface area contributed by atoms with Crippen LogP contribution in [0.1, 0.15) is 38.3 Å². The van der Waals surface area contributed by atoms with Crippen LogP contribution in [0, 0.1) is 6.92 Å². The molecule has 0 radical (unpaired) electrons. The molecule has 2 rings (SSSR count). The second-order valence-corrected chi connectivity index (χ2v) is 8.19. The molecule has 0 aliphatic carbocycles. The molecule has 0 aliphatic rings. The first-order chi connectivity index (χ1) is 13.4. The number of hydrogen-bond donors (Lipinski definition) is 1. The van der Waals surface area contributed by atoms with E-state index in [0.29, 0.717) is 18.7 Å². The van der Waals surface area contributed by atoms with E-state index in [9.17, 15) is 9.59 Å². The first kappa shape index (κ1) is 22.0. The first-order valence-corrected chi connectivity index (χ1v) is 10.7. The number of nitrogens with one attached hydrogen (secondary N) is 1. The zero-order valence-electron chi connectivity index (χ0n) is 17.1. The van der Waals surface area contributed by atoms with Crippen molar-refractivity contribution in [2.24, 2.45) is 0 Å². The van der Waals surface area contributed by atoms with E-state index in [4.69, 9.17) is 0 Å². The fourth-order valence-corrected chi connectivity index (χ4v) is 3.82. The number of carbonyl (C=O) groups excluding carboxylic acids is 2. The average Bonchev–Trinajstić information content (AvgIpc) is 2.67. The largest absolute Gasteiger partial charge is 0.352 e. The van der Waals surface area contributed by atoms with Crippen molar-refractivity contribution in [1.29, 1.82) is 0 Å². The lowest BCUT2D eigenvalue weighted by Gasteiger charge is -2.31. The third-order valence-electron chi connectivity index (χ3n) is 4.52. The summed E-state index contributed by atoms with van der Waals surface area (Å²) in [5.74, 6) is 0.188. The van der Waals surface area contributed by atoms with Gasteiger partial charge in [0.25, 0.3) is 0 Å². The van der Waals surface area contributed by atoms with Crippen LogP contribution in [0.2, 0.25) is 0 Å². The summed E-state index contributed by atoms with van der Waals surface area (Å²) in [5, 5.41) is 2.96. The van der Waals surface area contributed by atoms with Gasteiger partial charge in [-0.15, -0.1) is 11.8 Å². The summed E-state index contributed by atoms with van der Waals surface area (Å²) in [6.07, 6.45) is 0.576. The summed E-state index contributed by atoms with van der Waals surface area (Å²) in [4.78, 5) is 28.7. The maximum absolute atomic E-state index is 13.1. The molecule has 0 heterocycles. The van der Waals surface area contributed by atoms with E-state index in [-0.39, 0.29) is 17.9 Å². The Morgan fingerprint density at radius 2 is 1.68 bits per heavy atom. The number of nitrogens with zero attached hydrogens (tertiary/aromatic N) is 1. The minimum atomic E-state index is -0.481. The maximum atomic E-state index is 13.1. The molecule has 0 spiro atoms. The van der Waals surface area contributed by atoms with Crippen molar-refractivity contribution in [1.82, 2.24) is 10.2 Å². The Labute approximate surface area is 172 Å². The summed E-state index contributed by atoms with van der Waals surface area (Å²) < 4.78 is 0. The predicted octanol–water partition coefficient (Wildman–Crippen LogP) is 4.42. The smallest absolute Gasteiger partial charge is 0.243 e. The van der Waals surface area contributed by atoms with Crippen LogP contribution in [-0.4, -0.2) is 34.6 Å². The van der Waals surface area contributed by atoms with Crippen molar-refractivity contribution >= 4 is 23.6 Å². The molecule has 2 aromatic rings. The highest BCUT2D eigenvalue weighted by atomic mass is 32.2. The van der Waals surface area contributed by atoms with Gasteiger partial charge < -0.3 is 10.2 Å². The standard InChI is InChI=1S/C23H30N2O2S/c1-5-21(23(27)24-17(2)3)25(15-19-12-10-9-11-18(19)4)22(26)16-28-20-13-7-6-8-14-20/h6-14,17,21H,5,15-16H2,1-4H3,(H,24,27)/t21-/m1/s1. The highest BCUT2D eigenvalue weighted by molar-refractivity contribution is 8.00. The Morgan fingerprint density at radius 3 is 2.29 bits per heavy atom. The van der Waals surface area contributed by atoms with Gasteiger partial charge in [-0.25, -0.2) is 0 Å². The van der Waals surface area contributed by atoms with Crippen LogP contribution in [0.25, 0.3) is 0 Å². The molecule has 2 aromatic carbocycles. The van der Waals surface area contributed by atoms with Crippen molar-refractivity contribution in [3.05, 3.63) is 65.7 Å². The minimum Gasteiger partial charge on any atom is -0.352 e. The van der Waals surface area contributed by atoms with Crippen LogP contribution < -0.4 is 5.32 Å². The Hall–Kier alpha value is -2.27. The first-order valence-electron chi connectivity index (χ1n) is 9.74. The molecule has 1 N–H and O–H groups in total. The van der Waals surface area contributed by atoms with E-state index < -0.39 is 6.04 Å². The van der Waals surface area contributed by atoms with Gasteiger partial charge in [0, 0.05) is 17.5 Å². The lowest BCUT2D eigenvalue weighted by atomic mass is 10.1. The second kappa shape index (κ2) is 10.9. The second-order valence-electron chi connectivity index (χ2n) is 7.14. The molecule has 0 aliphatic heterocycles. The monoisotopic (exact) mass is 398 g/mol. The molecule has 28 heavy (non-hydrogen) atoms. The number of aryl methyl sites for hydroxylation is 1. The molecular formula is C23H30N2O2S. The molecule has 0 aromatic heterocycles. The molecular weight excluding hydrogens is 368 g/mol. The van der Waals surface area contributed by atoms with Crippen molar-refractivity contribution in [3.8, 4) is 0 Å². The molecule has 0 unspecified atom stereocenters. The third kappa shape index (κ3) is 6.41. The van der Waals surface area contributed by atoms with Crippen molar-refractivity contribution in [2.75, 3.05) is 5.75 Å². The molecule has 2 amide bonds. The zero-order valence-corrected chi connectivity index (χ0v) is 18.0. The SMILES string of the molecule is CC[C@H](C(=O)NC(C)C)N(Cc1ccccc1C)C(=O)CSc1ccccc1. The molecule has 5 heteroatoms. The molecule has 0 bridgehead atoms. The number of carbonyl (C=O) groups is 2. The van der Waals surface area contributed by atoms with Crippen molar-refractivity contribution in [2.45, 2.75) is 57.6 Å². The molecule has 150 valence electrons. The van der Waals surface area contributed by atoms with Gasteiger partial charge in [0.1, 0.15) is 6.04 Å². The topological polar surface area (TPSA) is 49.4 Å². The fraction of sp³-hybridized carbons (Fsp3) is 0.391. The Kier molecular flexibility index (Phi) is 8.58. The predicted molar refractivity (Wildman–Crippen MR) is 116 cm³/mol. The minimum absolute atomic E-state index is 0.0251. The molecule has 0 fully saturated rings. The normalized spacial score (nSPS) is 11.9. The zero-order chi connectivity index (χ0) is 20.5. The van der Waals surface area contributed by atoms with Crippen LogP contribution in [0.4, 0.5) is 0 Å². The summed E-state index contributed by atoms with van der Waals surface area (Å²) >= 11 is 1.50. The lowest BCUT2D eigenvalue weighted by Crippen LogP contribution is -2.51. The van der Waals surface area contributed by atoms with Crippen LogP contribution in [0.3, 0.4) is 0 Å². The Balaban J connectivity index is 2.22. The van der Waals surface area contributed by atoms with Gasteiger partial charge in [-0.2, -0.15) is 0 Å². The third-order valence-corrected chi connectivity index (χ3v) is 5.52. The molecule has 4 nitrogen and oxygen atoms in total. The quantitative estimate of drug-likeness (QED) is 0.636. The van der Waals surface area contributed by atoms with E-state index in [1.807, 2.05) is 82.3 Å². The van der Waals surface area contributed by atoms with Crippen molar-refractivity contribution in [3.63, 3.8) is 0 Å². The van der Waals surface area contributed by atoms with Gasteiger partial charge in [-0.1, -0.05) is 49.4 Å². The van der Waals surface area contributed by atoms with Crippen LogP contribution >= 0.6 is 11.8 Å².